The zero-order valence-corrected chi connectivity index (χ0v) is 18.4. The van der Waals surface area contributed by atoms with Crippen molar-refractivity contribution < 1.29 is 23.7 Å². The van der Waals surface area contributed by atoms with E-state index in [0.717, 1.165) is 11.1 Å². The van der Waals surface area contributed by atoms with Crippen LogP contribution >= 0.6 is 0 Å². The zero-order chi connectivity index (χ0) is 22.6. The number of nitrogens with zero attached hydrogens (tertiary/aromatic N) is 3. The van der Waals surface area contributed by atoms with Crippen molar-refractivity contribution in [3.05, 3.63) is 83.9 Å². The molecule has 0 saturated heterocycles. The van der Waals surface area contributed by atoms with E-state index >= 15 is 0 Å². The molecule has 0 amide bonds. The molecule has 0 N–H and O–H groups in total. The van der Waals surface area contributed by atoms with Crippen LogP contribution in [-0.2, 0) is 38.9 Å². The van der Waals surface area contributed by atoms with Crippen LogP contribution in [0.15, 0.2) is 67.0 Å². The molecule has 0 spiro atoms. The van der Waals surface area contributed by atoms with Crippen molar-refractivity contribution in [1.82, 2.24) is 14.8 Å². The summed E-state index contributed by atoms with van der Waals surface area (Å²) in [4.78, 5) is 16.0. The highest BCUT2D eigenvalue weighted by Crippen LogP contribution is 2.12. The minimum atomic E-state index is -0.543. The maximum atomic E-state index is 12.0. The van der Waals surface area contributed by atoms with E-state index in [4.69, 9.17) is 18.9 Å². The van der Waals surface area contributed by atoms with Gasteiger partial charge in [-0.1, -0.05) is 60.7 Å². The van der Waals surface area contributed by atoms with Crippen LogP contribution in [0, 0.1) is 0 Å². The molecule has 2 atom stereocenters. The molecule has 0 aliphatic rings. The molecule has 2 unspecified atom stereocenters. The number of ether oxygens (including phenoxy) is 4. The summed E-state index contributed by atoms with van der Waals surface area (Å²) < 4.78 is 24.4. The molecular formula is C24H29N3O5. The highest BCUT2D eigenvalue weighted by Gasteiger charge is 2.22. The lowest BCUT2D eigenvalue weighted by Gasteiger charge is -2.25. The van der Waals surface area contributed by atoms with Crippen LogP contribution in [0.1, 0.15) is 35.6 Å². The van der Waals surface area contributed by atoms with Gasteiger partial charge in [0.2, 0.25) is 5.82 Å². The molecule has 0 saturated carbocycles. The van der Waals surface area contributed by atoms with Crippen molar-refractivity contribution in [2.45, 2.75) is 46.0 Å². The van der Waals surface area contributed by atoms with E-state index in [-0.39, 0.29) is 31.4 Å². The van der Waals surface area contributed by atoms with Crippen LogP contribution in [0.5, 0.6) is 0 Å². The van der Waals surface area contributed by atoms with Crippen molar-refractivity contribution in [3.63, 3.8) is 0 Å². The van der Waals surface area contributed by atoms with E-state index in [9.17, 15) is 4.79 Å². The molecule has 3 aromatic rings. The van der Waals surface area contributed by atoms with Crippen LogP contribution < -0.4 is 0 Å². The number of carbonyl (C=O) groups is 1. The molecular weight excluding hydrogens is 410 g/mol. The number of esters is 1. The van der Waals surface area contributed by atoms with Gasteiger partial charge in [0.05, 0.1) is 32.5 Å². The van der Waals surface area contributed by atoms with Gasteiger partial charge < -0.3 is 18.9 Å². The fraction of sp³-hybridized carbons (Fsp3) is 0.375. The van der Waals surface area contributed by atoms with E-state index < -0.39 is 5.97 Å². The van der Waals surface area contributed by atoms with Crippen LogP contribution in [0.4, 0.5) is 0 Å². The Morgan fingerprint density at radius 2 is 1.62 bits per heavy atom. The predicted octanol–water partition coefficient (Wildman–Crippen LogP) is 3.62. The molecule has 32 heavy (non-hydrogen) atoms. The number of hydrogen-bond acceptors (Lipinski definition) is 7. The summed E-state index contributed by atoms with van der Waals surface area (Å²) in [6.07, 6.45) is 0.647. The molecule has 8 nitrogen and oxygen atoms in total. The van der Waals surface area contributed by atoms with E-state index in [1.807, 2.05) is 67.6 Å². The monoisotopic (exact) mass is 439 g/mol. The van der Waals surface area contributed by atoms with Gasteiger partial charge in [0.15, 0.2) is 0 Å². The Labute approximate surface area is 188 Å². The van der Waals surface area contributed by atoms with Gasteiger partial charge in [-0.2, -0.15) is 5.10 Å². The average molecular weight is 440 g/mol. The first kappa shape index (κ1) is 23.6. The lowest BCUT2D eigenvalue weighted by molar-refractivity contribution is -0.124. The minimum absolute atomic E-state index is 0.0204. The van der Waals surface area contributed by atoms with Crippen LogP contribution in [0.25, 0.3) is 0 Å². The first-order chi connectivity index (χ1) is 15.7. The smallest absolute Gasteiger partial charge is 0.376 e. The van der Waals surface area contributed by atoms with Crippen LogP contribution in [-0.4, -0.2) is 46.2 Å². The minimum Gasteiger partial charge on any atom is -0.460 e. The third kappa shape index (κ3) is 7.26. The highest BCUT2D eigenvalue weighted by atomic mass is 16.6. The van der Waals surface area contributed by atoms with E-state index in [1.54, 1.807) is 6.92 Å². The molecule has 1 aromatic heterocycles. The van der Waals surface area contributed by atoms with Gasteiger partial charge in [-0.05, 0) is 25.0 Å². The summed E-state index contributed by atoms with van der Waals surface area (Å²) in [5.41, 5.74) is 2.15. The summed E-state index contributed by atoms with van der Waals surface area (Å²) in [7, 11) is 0. The third-order valence-corrected chi connectivity index (χ3v) is 4.76. The quantitative estimate of drug-likeness (QED) is 0.376. The Kier molecular flexibility index (Phi) is 9.37. The van der Waals surface area contributed by atoms with E-state index in [1.165, 1.54) is 11.0 Å². The lowest BCUT2D eigenvalue weighted by atomic mass is 10.2. The molecule has 0 aliphatic carbocycles. The Morgan fingerprint density at radius 1 is 0.969 bits per heavy atom. The third-order valence-electron chi connectivity index (χ3n) is 4.76. The molecule has 3 rings (SSSR count). The Morgan fingerprint density at radius 3 is 2.28 bits per heavy atom. The van der Waals surface area contributed by atoms with Gasteiger partial charge in [0.25, 0.3) is 0 Å². The van der Waals surface area contributed by atoms with Crippen molar-refractivity contribution >= 4 is 5.97 Å². The predicted molar refractivity (Wildman–Crippen MR) is 118 cm³/mol. The van der Waals surface area contributed by atoms with Crippen molar-refractivity contribution in [1.29, 1.82) is 0 Å². The SMILES string of the molecule is CCOC(=O)c1ncnn1COC(COCc1ccccc1)C(C)OCc1ccccc1. The number of carbonyl (C=O) groups excluding carboxylic acids is 1. The molecule has 1 heterocycles. The second-order valence-electron chi connectivity index (χ2n) is 7.14. The first-order valence-electron chi connectivity index (χ1n) is 10.6. The summed E-state index contributed by atoms with van der Waals surface area (Å²) in [5.74, 6) is -0.451. The van der Waals surface area contributed by atoms with Crippen LogP contribution in [0.2, 0.25) is 0 Å². The van der Waals surface area contributed by atoms with E-state index in [0.29, 0.717) is 19.8 Å². The van der Waals surface area contributed by atoms with Gasteiger partial charge >= 0.3 is 5.97 Å². The van der Waals surface area contributed by atoms with Gasteiger partial charge in [-0.3, -0.25) is 0 Å². The van der Waals surface area contributed by atoms with Crippen molar-refractivity contribution in [2.24, 2.45) is 0 Å². The topological polar surface area (TPSA) is 84.7 Å². The Balaban J connectivity index is 1.60. The zero-order valence-electron chi connectivity index (χ0n) is 18.4. The highest BCUT2D eigenvalue weighted by molar-refractivity contribution is 5.85. The van der Waals surface area contributed by atoms with Crippen LogP contribution in [0.3, 0.4) is 0 Å². The average Bonchev–Trinajstić information content (AvgIpc) is 3.30. The number of benzene rings is 2. The Hall–Kier alpha value is -3.07. The van der Waals surface area contributed by atoms with Gasteiger partial charge in [-0.25, -0.2) is 14.5 Å². The van der Waals surface area contributed by atoms with Crippen molar-refractivity contribution in [2.75, 3.05) is 13.2 Å². The lowest BCUT2D eigenvalue weighted by Crippen LogP contribution is -2.34. The van der Waals surface area contributed by atoms with Gasteiger partial charge in [-0.15, -0.1) is 0 Å². The summed E-state index contributed by atoms with van der Waals surface area (Å²) in [6.45, 7) is 5.18. The first-order valence-corrected chi connectivity index (χ1v) is 10.6. The summed E-state index contributed by atoms with van der Waals surface area (Å²) in [6, 6.07) is 19.9. The largest absolute Gasteiger partial charge is 0.460 e. The maximum Gasteiger partial charge on any atom is 0.376 e. The summed E-state index contributed by atoms with van der Waals surface area (Å²) >= 11 is 0. The fourth-order valence-electron chi connectivity index (χ4n) is 2.97. The van der Waals surface area contributed by atoms with Gasteiger partial charge in [0, 0.05) is 0 Å². The molecule has 2 aromatic carbocycles. The molecule has 0 fully saturated rings. The maximum absolute atomic E-state index is 12.0. The number of hydrogen-bond donors (Lipinski definition) is 0. The fourth-order valence-corrected chi connectivity index (χ4v) is 2.97. The summed E-state index contributed by atoms with van der Waals surface area (Å²) in [5, 5.41) is 4.07. The molecule has 0 aliphatic heterocycles. The van der Waals surface area contributed by atoms with Gasteiger partial charge in [0.1, 0.15) is 19.2 Å². The van der Waals surface area contributed by atoms with E-state index in [2.05, 4.69) is 10.1 Å². The normalized spacial score (nSPS) is 12.9. The molecule has 0 radical (unpaired) electrons. The molecule has 170 valence electrons. The van der Waals surface area contributed by atoms with Crippen molar-refractivity contribution in [3.8, 4) is 0 Å². The standard InChI is InChI=1S/C24H29N3O5/c1-3-30-24(28)23-25-17-26-27(23)18-32-22(16-29-14-20-10-6-4-7-11-20)19(2)31-15-21-12-8-5-9-13-21/h4-13,17,19,22H,3,14-16,18H2,1-2H3. The molecule has 0 bridgehead atoms. The number of rotatable bonds is 13. The second-order valence-corrected chi connectivity index (χ2v) is 7.14. The Bertz CT molecular complexity index is 933. The number of aromatic nitrogens is 3. The molecule has 8 heteroatoms. The second kappa shape index (κ2) is 12.7.